The number of nitrogens with one attached hydrogen (secondary N) is 3. The highest BCUT2D eigenvalue weighted by Gasteiger charge is 1.99. The van der Waals surface area contributed by atoms with Crippen LogP contribution in [0, 0.1) is 0 Å². The highest BCUT2D eigenvalue weighted by atomic mass is 15.0. The Morgan fingerprint density at radius 1 is 0.952 bits per heavy atom. The molecule has 2 rings (SSSR count). The largest absolute Gasteiger partial charge is 0.387 e. The van der Waals surface area contributed by atoms with Crippen molar-refractivity contribution in [1.29, 1.82) is 0 Å². The number of pyridine rings is 1. The van der Waals surface area contributed by atoms with E-state index < -0.39 is 0 Å². The maximum absolute atomic E-state index is 4.64. The Morgan fingerprint density at radius 3 is 2.43 bits per heavy atom. The Morgan fingerprint density at radius 2 is 1.67 bits per heavy atom. The van der Waals surface area contributed by atoms with Crippen LogP contribution in [-0.4, -0.2) is 36.9 Å². The van der Waals surface area contributed by atoms with Gasteiger partial charge in [0.15, 0.2) is 0 Å². The molecule has 0 aromatic carbocycles. The Labute approximate surface area is 127 Å². The van der Waals surface area contributed by atoms with Gasteiger partial charge in [0.25, 0.3) is 0 Å². The fraction of sp³-hybridized carbons (Fsp3) is 0.500. The summed E-state index contributed by atoms with van der Waals surface area (Å²) in [6, 6.07) is 6.19. The maximum Gasteiger partial charge on any atom is 0.0545 e. The maximum atomic E-state index is 4.64. The summed E-state index contributed by atoms with van der Waals surface area (Å²) < 4.78 is 0. The number of allylic oxidation sites excluding steroid dienone is 2. The van der Waals surface area contributed by atoms with Crippen molar-refractivity contribution in [1.82, 2.24) is 20.9 Å². The molecule has 2 bridgehead atoms. The number of rotatable bonds is 0. The number of hydrogen-bond acceptors (Lipinski definition) is 5. The smallest absolute Gasteiger partial charge is 0.0545 e. The van der Waals surface area contributed by atoms with Crippen molar-refractivity contribution in [3.05, 3.63) is 41.4 Å². The lowest BCUT2D eigenvalue weighted by Gasteiger charge is -2.10. The van der Waals surface area contributed by atoms with Crippen LogP contribution in [0.4, 0.5) is 0 Å². The number of nitrogens with zero attached hydrogens (tertiary/aromatic N) is 2. The third-order valence-electron chi connectivity index (χ3n) is 3.26. The second-order valence-corrected chi connectivity index (χ2v) is 5.25. The number of aliphatic imine (C=N–C) groups is 1. The first-order valence-corrected chi connectivity index (χ1v) is 7.53. The van der Waals surface area contributed by atoms with Gasteiger partial charge in [-0.2, -0.15) is 0 Å². The van der Waals surface area contributed by atoms with E-state index in [1.54, 1.807) is 0 Å². The summed E-state index contributed by atoms with van der Waals surface area (Å²) in [6.45, 7) is 9.17. The second-order valence-electron chi connectivity index (χ2n) is 5.25. The molecule has 1 aromatic rings. The molecule has 5 nitrogen and oxygen atoms in total. The second kappa shape index (κ2) is 8.54. The van der Waals surface area contributed by atoms with Gasteiger partial charge in [-0.25, -0.2) is 0 Å². The predicted molar refractivity (Wildman–Crippen MR) is 87.4 cm³/mol. The first-order valence-electron chi connectivity index (χ1n) is 7.53. The first-order chi connectivity index (χ1) is 10.2. The summed E-state index contributed by atoms with van der Waals surface area (Å²) >= 11 is 0. The molecule has 2 heterocycles. The van der Waals surface area contributed by atoms with Crippen molar-refractivity contribution in [2.45, 2.75) is 26.9 Å². The van der Waals surface area contributed by atoms with Crippen LogP contribution in [0.1, 0.15) is 25.2 Å². The molecule has 0 fully saturated rings. The van der Waals surface area contributed by atoms with Crippen LogP contribution in [-0.2, 0) is 13.1 Å². The van der Waals surface area contributed by atoms with Crippen molar-refractivity contribution >= 4 is 5.71 Å². The summed E-state index contributed by atoms with van der Waals surface area (Å²) in [4.78, 5) is 9.18. The highest BCUT2D eigenvalue weighted by molar-refractivity contribution is 5.93. The molecule has 0 atom stereocenters. The first kappa shape index (κ1) is 15.7. The van der Waals surface area contributed by atoms with E-state index in [4.69, 9.17) is 0 Å². The van der Waals surface area contributed by atoms with E-state index in [1.807, 2.05) is 6.92 Å². The van der Waals surface area contributed by atoms with E-state index in [0.717, 1.165) is 62.1 Å². The molecule has 0 saturated carbocycles. The average molecular weight is 287 g/mol. The lowest BCUT2D eigenvalue weighted by atomic mass is 10.3. The van der Waals surface area contributed by atoms with E-state index >= 15 is 0 Å². The van der Waals surface area contributed by atoms with Crippen LogP contribution in [0.3, 0.4) is 0 Å². The normalized spacial score (nSPS) is 23.3. The van der Waals surface area contributed by atoms with Crippen LogP contribution in [0.2, 0.25) is 0 Å². The zero-order valence-corrected chi connectivity index (χ0v) is 12.9. The molecule has 0 saturated heterocycles. The van der Waals surface area contributed by atoms with Gasteiger partial charge in [-0.15, -0.1) is 0 Å². The van der Waals surface area contributed by atoms with E-state index in [2.05, 4.69) is 57.1 Å². The predicted octanol–water partition coefficient (Wildman–Crippen LogP) is 1.23. The van der Waals surface area contributed by atoms with E-state index in [-0.39, 0.29) is 0 Å². The van der Waals surface area contributed by atoms with Crippen LogP contribution in [0.5, 0.6) is 0 Å². The lowest BCUT2D eigenvalue weighted by molar-refractivity contribution is 0.634. The monoisotopic (exact) mass is 287 g/mol. The minimum atomic E-state index is 0.789. The Kier molecular flexibility index (Phi) is 6.37. The van der Waals surface area contributed by atoms with Crippen LogP contribution in [0.15, 0.2) is 35.0 Å². The minimum Gasteiger partial charge on any atom is -0.387 e. The van der Waals surface area contributed by atoms with Gasteiger partial charge in [0.05, 0.1) is 17.9 Å². The fourth-order valence-electron chi connectivity index (χ4n) is 2.23. The number of hydrogen-bond donors (Lipinski definition) is 3. The van der Waals surface area contributed by atoms with E-state index in [0.29, 0.717) is 0 Å². The van der Waals surface area contributed by atoms with Gasteiger partial charge < -0.3 is 16.0 Å². The molecule has 5 heteroatoms. The van der Waals surface area contributed by atoms with E-state index in [9.17, 15) is 0 Å². The third-order valence-corrected chi connectivity index (χ3v) is 3.26. The van der Waals surface area contributed by atoms with Crippen molar-refractivity contribution in [2.75, 3.05) is 26.2 Å². The van der Waals surface area contributed by atoms with Crippen molar-refractivity contribution in [2.24, 2.45) is 4.99 Å². The molecule has 1 aliphatic heterocycles. The molecule has 1 aliphatic rings. The van der Waals surface area contributed by atoms with Crippen LogP contribution in [0.25, 0.3) is 0 Å². The van der Waals surface area contributed by atoms with Gasteiger partial charge in [-0.3, -0.25) is 9.98 Å². The molecule has 0 amide bonds. The summed E-state index contributed by atoms with van der Waals surface area (Å²) in [5.74, 6) is 0. The molecule has 0 spiro atoms. The Bertz CT molecular complexity index is 507. The molecule has 0 unspecified atom stereocenters. The summed E-state index contributed by atoms with van der Waals surface area (Å²) in [6.07, 6.45) is 2.09. The summed E-state index contributed by atoms with van der Waals surface area (Å²) in [5, 5.41) is 10.2. The van der Waals surface area contributed by atoms with Gasteiger partial charge in [-0.05, 0) is 32.1 Å². The summed E-state index contributed by atoms with van der Waals surface area (Å²) in [5.41, 5.74) is 4.37. The molecular formula is C16H25N5. The van der Waals surface area contributed by atoms with Gasteiger partial charge in [0.1, 0.15) is 0 Å². The number of aromatic nitrogens is 1. The van der Waals surface area contributed by atoms with Gasteiger partial charge in [0.2, 0.25) is 0 Å². The van der Waals surface area contributed by atoms with Gasteiger partial charge in [0, 0.05) is 44.1 Å². The molecule has 3 N–H and O–H groups in total. The SMILES string of the molecule is C/C1=C/C(C)=N/CCNCc2cccc(n2)CNCCN1. The molecule has 0 aliphatic carbocycles. The van der Waals surface area contributed by atoms with Crippen LogP contribution >= 0.6 is 0 Å². The lowest BCUT2D eigenvalue weighted by Crippen LogP contribution is -2.27. The van der Waals surface area contributed by atoms with Gasteiger partial charge >= 0.3 is 0 Å². The summed E-state index contributed by atoms with van der Waals surface area (Å²) in [7, 11) is 0. The molecular weight excluding hydrogens is 262 g/mol. The topological polar surface area (TPSA) is 61.3 Å². The Hall–Kier alpha value is -1.72. The van der Waals surface area contributed by atoms with Crippen molar-refractivity contribution in [3.63, 3.8) is 0 Å². The molecule has 0 radical (unpaired) electrons. The molecule has 21 heavy (non-hydrogen) atoms. The third kappa shape index (κ3) is 6.06. The standard InChI is InChI=1S/C16H25N5/c1-13-10-14(2)20-9-7-18-12-16-5-3-4-15(21-16)11-17-6-8-19-13/h3-5,10,17-19H,6-9,11-12H2,1-2H3/b13-10-,20-14+. The zero-order valence-electron chi connectivity index (χ0n) is 12.9. The van der Waals surface area contributed by atoms with Crippen molar-refractivity contribution in [3.8, 4) is 0 Å². The molecule has 1 aromatic heterocycles. The van der Waals surface area contributed by atoms with Crippen LogP contribution < -0.4 is 16.0 Å². The Balaban J connectivity index is 2.00. The van der Waals surface area contributed by atoms with Crippen molar-refractivity contribution < 1.29 is 0 Å². The zero-order chi connectivity index (χ0) is 14.9. The van der Waals surface area contributed by atoms with Gasteiger partial charge in [-0.1, -0.05) is 6.07 Å². The van der Waals surface area contributed by atoms with E-state index in [1.165, 1.54) is 0 Å². The fourth-order valence-corrected chi connectivity index (χ4v) is 2.23. The quantitative estimate of drug-likeness (QED) is 0.672. The highest BCUT2D eigenvalue weighted by Crippen LogP contribution is 1.99. The number of fused-ring (bicyclic) bond motifs is 2. The minimum absolute atomic E-state index is 0.789. The molecule has 114 valence electrons. The average Bonchev–Trinajstić information content (AvgIpc) is 2.46.